The van der Waals surface area contributed by atoms with Crippen LogP contribution in [0.2, 0.25) is 0 Å². The second kappa shape index (κ2) is 7.28. The van der Waals surface area contributed by atoms with E-state index in [1.165, 1.54) is 0 Å². The van der Waals surface area contributed by atoms with Gasteiger partial charge in [-0.05, 0) is 34.4 Å². The summed E-state index contributed by atoms with van der Waals surface area (Å²) in [6.07, 6.45) is 3.84. The summed E-state index contributed by atoms with van der Waals surface area (Å²) in [6, 6.07) is -0.220. The molecule has 0 aromatic carbocycles. The van der Waals surface area contributed by atoms with Gasteiger partial charge >= 0.3 is 12.0 Å². The Kier molecular flexibility index (Phi) is 6.01. The second-order valence-corrected chi connectivity index (χ2v) is 5.52. The van der Waals surface area contributed by atoms with E-state index in [4.69, 9.17) is 5.11 Å². The fourth-order valence-electron chi connectivity index (χ4n) is 2.51. The number of carbonyl (C=O) groups excluding carboxylic acids is 1. The lowest BCUT2D eigenvalue weighted by Crippen LogP contribution is -2.50. The number of carboxylic acids is 1. The van der Waals surface area contributed by atoms with E-state index in [0.29, 0.717) is 13.0 Å². The minimum Gasteiger partial charge on any atom is -0.481 e. The van der Waals surface area contributed by atoms with Crippen LogP contribution in [0.4, 0.5) is 4.79 Å². The van der Waals surface area contributed by atoms with Crippen molar-refractivity contribution in [1.82, 2.24) is 15.1 Å². The van der Waals surface area contributed by atoms with Crippen LogP contribution in [0.3, 0.4) is 0 Å². The Bertz CT molecular complexity index is 382. The maximum atomic E-state index is 12.2. The van der Waals surface area contributed by atoms with Gasteiger partial charge in [0, 0.05) is 19.1 Å². The van der Waals surface area contributed by atoms with Crippen LogP contribution in [0, 0.1) is 5.92 Å². The number of likely N-dealkylation sites (N-methyl/N-ethyl adjacent to an activating group) is 2. The first-order valence-electron chi connectivity index (χ1n) is 6.98. The monoisotopic (exact) mass is 283 g/mol. The molecule has 0 saturated carbocycles. The van der Waals surface area contributed by atoms with Gasteiger partial charge in [-0.15, -0.1) is 0 Å². The van der Waals surface area contributed by atoms with Crippen LogP contribution in [0.15, 0.2) is 12.2 Å². The predicted octanol–water partition coefficient (Wildman–Crippen LogP) is 0.997. The number of hydrogen-bond acceptors (Lipinski definition) is 3. The molecule has 114 valence electrons. The van der Waals surface area contributed by atoms with Crippen molar-refractivity contribution in [2.45, 2.75) is 32.4 Å². The van der Waals surface area contributed by atoms with Crippen molar-refractivity contribution in [2.24, 2.45) is 5.92 Å². The maximum Gasteiger partial charge on any atom is 0.318 e. The summed E-state index contributed by atoms with van der Waals surface area (Å²) < 4.78 is 0. The van der Waals surface area contributed by atoms with E-state index in [-0.39, 0.29) is 18.1 Å². The van der Waals surface area contributed by atoms with Gasteiger partial charge in [-0.3, -0.25) is 4.79 Å². The largest absolute Gasteiger partial charge is 0.481 e. The van der Waals surface area contributed by atoms with Crippen LogP contribution in [0.5, 0.6) is 0 Å². The normalized spacial score (nSPS) is 22.9. The molecule has 0 fully saturated rings. The number of carbonyl (C=O) groups is 2. The fourth-order valence-corrected chi connectivity index (χ4v) is 2.51. The molecule has 0 aliphatic heterocycles. The van der Waals surface area contributed by atoms with Gasteiger partial charge in [-0.1, -0.05) is 12.2 Å². The highest BCUT2D eigenvalue weighted by atomic mass is 16.4. The fraction of sp³-hybridized carbons (Fsp3) is 0.714. The van der Waals surface area contributed by atoms with Crippen LogP contribution >= 0.6 is 0 Å². The number of rotatable bonds is 6. The van der Waals surface area contributed by atoms with Gasteiger partial charge in [0.05, 0.1) is 12.0 Å². The lowest BCUT2D eigenvalue weighted by molar-refractivity contribution is -0.140. The lowest BCUT2D eigenvalue weighted by Gasteiger charge is -2.31. The van der Waals surface area contributed by atoms with Crippen molar-refractivity contribution in [3.63, 3.8) is 0 Å². The van der Waals surface area contributed by atoms with Crippen molar-refractivity contribution < 1.29 is 14.7 Å². The van der Waals surface area contributed by atoms with Gasteiger partial charge in [-0.25, -0.2) is 4.79 Å². The van der Waals surface area contributed by atoms with E-state index in [2.05, 4.69) is 5.32 Å². The Balaban J connectivity index is 2.52. The highest BCUT2D eigenvalue weighted by Crippen LogP contribution is 2.18. The van der Waals surface area contributed by atoms with Crippen molar-refractivity contribution in [1.29, 1.82) is 0 Å². The standard InChI is InChI=1S/C14H25N3O3/c1-5-17(10(2)9-16(3)4)14(20)15-12-7-6-11(8-12)13(18)19/h6-7,10-12H,5,8-9H2,1-4H3,(H,15,20)(H,18,19). The molecule has 3 unspecified atom stereocenters. The average molecular weight is 283 g/mol. The van der Waals surface area contributed by atoms with E-state index >= 15 is 0 Å². The molecule has 0 bridgehead atoms. The Morgan fingerprint density at radius 2 is 2.05 bits per heavy atom. The summed E-state index contributed by atoms with van der Waals surface area (Å²) in [5, 5.41) is 11.8. The zero-order valence-electron chi connectivity index (χ0n) is 12.7. The first kappa shape index (κ1) is 16.5. The number of nitrogens with zero attached hydrogens (tertiary/aromatic N) is 2. The molecule has 0 saturated heterocycles. The molecule has 6 heteroatoms. The molecule has 2 amide bonds. The van der Waals surface area contributed by atoms with Gasteiger partial charge in [0.25, 0.3) is 0 Å². The van der Waals surface area contributed by atoms with Crippen molar-refractivity contribution in [3.8, 4) is 0 Å². The Hall–Kier alpha value is -1.56. The summed E-state index contributed by atoms with van der Waals surface area (Å²) in [5.74, 6) is -1.33. The second-order valence-electron chi connectivity index (χ2n) is 5.52. The van der Waals surface area contributed by atoms with E-state index in [9.17, 15) is 9.59 Å². The van der Waals surface area contributed by atoms with Gasteiger partial charge in [0.2, 0.25) is 0 Å². The summed E-state index contributed by atoms with van der Waals surface area (Å²) in [4.78, 5) is 26.9. The first-order chi connectivity index (χ1) is 9.35. The molecule has 6 nitrogen and oxygen atoms in total. The van der Waals surface area contributed by atoms with Crippen LogP contribution in [0.1, 0.15) is 20.3 Å². The Morgan fingerprint density at radius 3 is 2.50 bits per heavy atom. The van der Waals surface area contributed by atoms with E-state index in [0.717, 1.165) is 6.54 Å². The SMILES string of the molecule is CCN(C(=O)NC1C=CC(C(=O)O)C1)C(C)CN(C)C. The smallest absolute Gasteiger partial charge is 0.318 e. The summed E-state index contributed by atoms with van der Waals surface area (Å²) in [5.41, 5.74) is 0. The molecule has 1 rings (SSSR count). The van der Waals surface area contributed by atoms with Gasteiger partial charge in [0.1, 0.15) is 0 Å². The predicted molar refractivity (Wildman–Crippen MR) is 77.6 cm³/mol. The third-order valence-electron chi connectivity index (χ3n) is 3.47. The molecule has 0 heterocycles. The molecule has 0 aromatic rings. The number of amides is 2. The highest BCUT2D eigenvalue weighted by molar-refractivity contribution is 5.76. The average Bonchev–Trinajstić information content (AvgIpc) is 2.77. The maximum absolute atomic E-state index is 12.2. The minimum absolute atomic E-state index is 0.107. The highest BCUT2D eigenvalue weighted by Gasteiger charge is 2.27. The number of nitrogens with one attached hydrogen (secondary N) is 1. The van der Waals surface area contributed by atoms with Gasteiger partial charge in [-0.2, -0.15) is 0 Å². The molecule has 0 radical (unpaired) electrons. The van der Waals surface area contributed by atoms with E-state index in [1.807, 2.05) is 32.8 Å². The van der Waals surface area contributed by atoms with Crippen molar-refractivity contribution in [2.75, 3.05) is 27.2 Å². The van der Waals surface area contributed by atoms with Crippen molar-refractivity contribution >= 4 is 12.0 Å². The minimum atomic E-state index is -0.841. The Morgan fingerprint density at radius 1 is 1.40 bits per heavy atom. The number of urea groups is 1. The molecule has 3 atom stereocenters. The summed E-state index contributed by atoms with van der Waals surface area (Å²) in [6.45, 7) is 5.36. The molecular formula is C14H25N3O3. The molecule has 2 N–H and O–H groups in total. The number of hydrogen-bond donors (Lipinski definition) is 2. The molecule has 1 aliphatic rings. The van der Waals surface area contributed by atoms with Gasteiger partial charge in [0.15, 0.2) is 0 Å². The number of carboxylic acid groups (broad SMARTS) is 1. The third-order valence-corrected chi connectivity index (χ3v) is 3.47. The summed E-state index contributed by atoms with van der Waals surface area (Å²) >= 11 is 0. The van der Waals surface area contributed by atoms with E-state index < -0.39 is 11.9 Å². The van der Waals surface area contributed by atoms with Crippen molar-refractivity contribution in [3.05, 3.63) is 12.2 Å². The molecule has 1 aliphatic carbocycles. The van der Waals surface area contributed by atoms with Crippen LogP contribution in [0.25, 0.3) is 0 Å². The topological polar surface area (TPSA) is 72.9 Å². The zero-order chi connectivity index (χ0) is 15.3. The lowest BCUT2D eigenvalue weighted by atomic mass is 10.1. The zero-order valence-corrected chi connectivity index (χ0v) is 12.7. The quantitative estimate of drug-likeness (QED) is 0.713. The summed E-state index contributed by atoms with van der Waals surface area (Å²) in [7, 11) is 3.94. The van der Waals surface area contributed by atoms with Crippen LogP contribution < -0.4 is 5.32 Å². The van der Waals surface area contributed by atoms with Crippen LogP contribution in [-0.2, 0) is 4.79 Å². The molecule has 0 spiro atoms. The van der Waals surface area contributed by atoms with Crippen LogP contribution in [-0.4, -0.2) is 66.2 Å². The number of aliphatic carboxylic acids is 1. The Labute approximate surface area is 120 Å². The first-order valence-corrected chi connectivity index (χ1v) is 6.98. The molecular weight excluding hydrogens is 258 g/mol. The van der Waals surface area contributed by atoms with Gasteiger partial charge < -0.3 is 20.2 Å². The third kappa shape index (κ3) is 4.52. The van der Waals surface area contributed by atoms with E-state index in [1.54, 1.807) is 17.1 Å². The molecule has 0 aromatic heterocycles. The molecule has 20 heavy (non-hydrogen) atoms.